The molecule has 0 radical (unpaired) electrons. The van der Waals surface area contributed by atoms with Crippen LogP contribution in [0.15, 0.2) is 76.4 Å². The van der Waals surface area contributed by atoms with E-state index in [1.165, 1.54) is 0 Å². The van der Waals surface area contributed by atoms with Gasteiger partial charge < -0.3 is 9.17 Å². The SMILES string of the molecule is O=c1cc(OS(=O)(=O)c2ccc(F)cc2)c2ccc3ccccc3c2[nH]1. The van der Waals surface area contributed by atoms with E-state index in [1.807, 2.05) is 30.3 Å². The maximum atomic E-state index is 13.0. The lowest BCUT2D eigenvalue weighted by atomic mass is 10.1. The monoisotopic (exact) mass is 369 g/mol. The van der Waals surface area contributed by atoms with Gasteiger partial charge in [-0.25, -0.2) is 4.39 Å². The molecular weight excluding hydrogens is 357 g/mol. The fourth-order valence-electron chi connectivity index (χ4n) is 2.80. The number of fused-ring (bicyclic) bond motifs is 3. The van der Waals surface area contributed by atoms with Crippen LogP contribution < -0.4 is 9.74 Å². The minimum atomic E-state index is -4.21. The normalized spacial score (nSPS) is 11.7. The lowest BCUT2D eigenvalue weighted by Gasteiger charge is -2.11. The highest BCUT2D eigenvalue weighted by Gasteiger charge is 2.19. The maximum Gasteiger partial charge on any atom is 0.339 e. The van der Waals surface area contributed by atoms with E-state index in [-0.39, 0.29) is 10.6 Å². The number of H-pyrrole nitrogens is 1. The van der Waals surface area contributed by atoms with Crippen molar-refractivity contribution in [2.24, 2.45) is 0 Å². The number of aromatic nitrogens is 1. The molecule has 4 aromatic rings. The van der Waals surface area contributed by atoms with Gasteiger partial charge in [0.25, 0.3) is 5.56 Å². The Morgan fingerprint density at radius 2 is 1.62 bits per heavy atom. The fourth-order valence-corrected chi connectivity index (χ4v) is 3.74. The van der Waals surface area contributed by atoms with Gasteiger partial charge in [-0.05, 0) is 35.7 Å². The molecule has 0 unspecified atom stereocenters. The van der Waals surface area contributed by atoms with Crippen LogP contribution in [0.25, 0.3) is 21.7 Å². The number of benzene rings is 3. The first-order valence-corrected chi connectivity index (χ1v) is 9.10. The Hall–Kier alpha value is -3.19. The second kappa shape index (κ2) is 5.96. The summed E-state index contributed by atoms with van der Waals surface area (Å²) in [4.78, 5) is 14.6. The number of pyridine rings is 1. The van der Waals surface area contributed by atoms with E-state index in [0.29, 0.717) is 10.9 Å². The molecule has 7 heteroatoms. The summed E-state index contributed by atoms with van der Waals surface area (Å²) in [6, 6.07) is 16.2. The number of hydrogen-bond acceptors (Lipinski definition) is 4. The molecule has 3 aromatic carbocycles. The van der Waals surface area contributed by atoms with Gasteiger partial charge in [0.2, 0.25) is 0 Å². The largest absolute Gasteiger partial charge is 0.378 e. The molecule has 1 aromatic heterocycles. The zero-order chi connectivity index (χ0) is 18.3. The predicted octanol–water partition coefficient (Wildman–Crippen LogP) is 3.59. The Balaban J connectivity index is 1.90. The van der Waals surface area contributed by atoms with Crippen molar-refractivity contribution in [2.75, 3.05) is 0 Å². The second-order valence-corrected chi connectivity index (χ2v) is 7.24. The number of hydrogen-bond donors (Lipinski definition) is 1. The van der Waals surface area contributed by atoms with E-state index >= 15 is 0 Å². The van der Waals surface area contributed by atoms with Crippen molar-refractivity contribution in [3.8, 4) is 5.75 Å². The Labute approximate surface area is 147 Å². The summed E-state index contributed by atoms with van der Waals surface area (Å²) in [7, 11) is -4.21. The molecule has 0 aliphatic heterocycles. The van der Waals surface area contributed by atoms with Crippen LogP contribution in [-0.4, -0.2) is 13.4 Å². The number of rotatable bonds is 3. The van der Waals surface area contributed by atoms with Crippen LogP contribution in [0, 0.1) is 5.82 Å². The quantitative estimate of drug-likeness (QED) is 0.442. The molecule has 5 nitrogen and oxygen atoms in total. The molecule has 0 saturated heterocycles. The molecule has 4 rings (SSSR count). The molecule has 0 saturated carbocycles. The van der Waals surface area contributed by atoms with Gasteiger partial charge in [-0.2, -0.15) is 8.42 Å². The van der Waals surface area contributed by atoms with Crippen LogP contribution in [-0.2, 0) is 10.1 Å². The fraction of sp³-hybridized carbons (Fsp3) is 0. The third kappa shape index (κ3) is 2.82. The Morgan fingerprint density at radius 3 is 2.38 bits per heavy atom. The predicted molar refractivity (Wildman–Crippen MR) is 96.3 cm³/mol. The topological polar surface area (TPSA) is 76.2 Å². The van der Waals surface area contributed by atoms with Crippen molar-refractivity contribution in [3.05, 3.63) is 82.9 Å². The Bertz CT molecular complexity index is 1290. The first-order chi connectivity index (χ1) is 12.4. The molecule has 0 atom stereocenters. The van der Waals surface area contributed by atoms with Gasteiger partial charge >= 0.3 is 10.1 Å². The van der Waals surface area contributed by atoms with E-state index in [9.17, 15) is 17.6 Å². The summed E-state index contributed by atoms with van der Waals surface area (Å²) in [5.41, 5.74) is -0.00179. The van der Waals surface area contributed by atoms with Crippen molar-refractivity contribution in [3.63, 3.8) is 0 Å². The smallest absolute Gasteiger partial charge is 0.339 e. The number of nitrogens with one attached hydrogen (secondary N) is 1. The summed E-state index contributed by atoms with van der Waals surface area (Å²) in [6.07, 6.45) is 0. The molecule has 0 aliphatic carbocycles. The van der Waals surface area contributed by atoms with Gasteiger partial charge in [0.15, 0.2) is 5.75 Å². The molecule has 1 heterocycles. The van der Waals surface area contributed by atoms with E-state index < -0.39 is 21.5 Å². The lowest BCUT2D eigenvalue weighted by Crippen LogP contribution is -2.13. The maximum absolute atomic E-state index is 13.0. The minimum absolute atomic E-state index is 0.0844. The third-order valence-corrected chi connectivity index (χ3v) is 5.26. The number of halogens is 1. The third-order valence-electron chi connectivity index (χ3n) is 4.01. The van der Waals surface area contributed by atoms with E-state index in [1.54, 1.807) is 6.07 Å². The van der Waals surface area contributed by atoms with E-state index in [4.69, 9.17) is 4.18 Å². The van der Waals surface area contributed by atoms with Gasteiger partial charge in [-0.1, -0.05) is 30.3 Å². The zero-order valence-electron chi connectivity index (χ0n) is 13.3. The Kier molecular flexibility index (Phi) is 3.73. The van der Waals surface area contributed by atoms with Gasteiger partial charge in [0.05, 0.1) is 5.52 Å². The molecule has 0 amide bonds. The van der Waals surface area contributed by atoms with Crippen molar-refractivity contribution in [2.45, 2.75) is 4.90 Å². The highest BCUT2D eigenvalue weighted by molar-refractivity contribution is 7.87. The first kappa shape index (κ1) is 16.3. The van der Waals surface area contributed by atoms with Crippen molar-refractivity contribution < 1.29 is 17.0 Å². The number of aromatic amines is 1. The molecule has 0 aliphatic rings. The zero-order valence-corrected chi connectivity index (χ0v) is 14.1. The lowest BCUT2D eigenvalue weighted by molar-refractivity contribution is 0.488. The van der Waals surface area contributed by atoms with Crippen LogP contribution in [0.3, 0.4) is 0 Å². The van der Waals surface area contributed by atoms with Crippen molar-refractivity contribution in [1.29, 1.82) is 0 Å². The van der Waals surface area contributed by atoms with Gasteiger partial charge in [-0.15, -0.1) is 0 Å². The van der Waals surface area contributed by atoms with Crippen LogP contribution in [0.1, 0.15) is 0 Å². The van der Waals surface area contributed by atoms with Crippen LogP contribution >= 0.6 is 0 Å². The van der Waals surface area contributed by atoms with Crippen molar-refractivity contribution in [1.82, 2.24) is 4.98 Å². The first-order valence-electron chi connectivity index (χ1n) is 7.69. The summed E-state index contributed by atoms with van der Waals surface area (Å²) in [6.45, 7) is 0. The summed E-state index contributed by atoms with van der Waals surface area (Å²) in [5, 5.41) is 2.12. The van der Waals surface area contributed by atoms with Crippen LogP contribution in [0.5, 0.6) is 5.75 Å². The molecule has 0 spiro atoms. The average molecular weight is 369 g/mol. The highest BCUT2D eigenvalue weighted by atomic mass is 32.2. The van der Waals surface area contributed by atoms with Gasteiger partial charge in [0.1, 0.15) is 10.7 Å². The molecular formula is C19H12FNO4S. The molecule has 26 heavy (non-hydrogen) atoms. The standard InChI is InChI=1S/C19H12FNO4S/c20-13-6-8-14(9-7-13)26(23,24)25-17-11-18(22)21-19-15-4-2-1-3-12(15)5-10-16(17)19/h1-11H,(H,21,22). The summed E-state index contributed by atoms with van der Waals surface area (Å²) < 4.78 is 43.2. The van der Waals surface area contributed by atoms with Crippen LogP contribution in [0.4, 0.5) is 4.39 Å². The summed E-state index contributed by atoms with van der Waals surface area (Å²) >= 11 is 0. The van der Waals surface area contributed by atoms with Gasteiger partial charge in [0, 0.05) is 16.8 Å². The molecule has 1 N–H and O–H groups in total. The van der Waals surface area contributed by atoms with Crippen LogP contribution in [0.2, 0.25) is 0 Å². The average Bonchev–Trinajstić information content (AvgIpc) is 2.61. The second-order valence-electron chi connectivity index (χ2n) is 5.70. The van der Waals surface area contributed by atoms with E-state index in [0.717, 1.165) is 41.1 Å². The summed E-state index contributed by atoms with van der Waals surface area (Å²) in [5.74, 6) is -0.643. The highest BCUT2D eigenvalue weighted by Crippen LogP contribution is 2.30. The van der Waals surface area contributed by atoms with E-state index in [2.05, 4.69) is 4.98 Å². The molecule has 130 valence electrons. The molecule has 0 bridgehead atoms. The van der Waals surface area contributed by atoms with Crippen molar-refractivity contribution >= 4 is 31.8 Å². The molecule has 0 fully saturated rings. The van der Waals surface area contributed by atoms with Gasteiger partial charge in [-0.3, -0.25) is 4.79 Å². The minimum Gasteiger partial charge on any atom is -0.378 e. The Morgan fingerprint density at radius 1 is 0.885 bits per heavy atom.